The Kier molecular flexibility index (Phi) is 5.94. The molecule has 2 aromatic heterocycles. The van der Waals surface area contributed by atoms with Crippen LogP contribution in [0.4, 0.5) is 11.6 Å². The largest absolute Gasteiger partial charge is 0.478 e. The van der Waals surface area contributed by atoms with Crippen LogP contribution in [0.25, 0.3) is 11.3 Å². The van der Waals surface area contributed by atoms with Gasteiger partial charge in [-0.2, -0.15) is 5.10 Å². The lowest BCUT2D eigenvalue weighted by Gasteiger charge is -2.30. The molecule has 1 aliphatic heterocycles. The number of sulfonamides is 1. The smallest absolute Gasteiger partial charge is 0.335 e. The van der Waals surface area contributed by atoms with Crippen molar-refractivity contribution >= 4 is 27.6 Å². The van der Waals surface area contributed by atoms with E-state index < -0.39 is 16.0 Å². The van der Waals surface area contributed by atoms with Gasteiger partial charge in [0.1, 0.15) is 0 Å². The van der Waals surface area contributed by atoms with E-state index in [1.54, 1.807) is 36.7 Å². The van der Waals surface area contributed by atoms with E-state index in [2.05, 4.69) is 20.4 Å². The minimum Gasteiger partial charge on any atom is -0.478 e. The molecule has 10 nitrogen and oxygen atoms in total. The molecule has 0 radical (unpaired) electrons. The average Bonchev–Trinajstić information content (AvgIpc) is 3.23. The zero-order chi connectivity index (χ0) is 22.9. The lowest BCUT2D eigenvalue weighted by molar-refractivity contribution is 0.0697. The van der Waals surface area contributed by atoms with Crippen LogP contribution in [0.3, 0.4) is 0 Å². The van der Waals surface area contributed by atoms with Gasteiger partial charge in [-0.1, -0.05) is 12.1 Å². The van der Waals surface area contributed by atoms with Crippen LogP contribution in [0.15, 0.2) is 42.9 Å². The number of piperidine rings is 1. The molecule has 4 rings (SSSR count). The summed E-state index contributed by atoms with van der Waals surface area (Å²) in [5.41, 5.74) is 3.32. The first kappa shape index (κ1) is 21.9. The van der Waals surface area contributed by atoms with Gasteiger partial charge in [-0.15, -0.1) is 0 Å². The molecule has 0 atom stereocenters. The molecular weight excluding hydrogens is 432 g/mol. The minimum absolute atomic E-state index is 0.130. The lowest BCUT2D eigenvalue weighted by atomic mass is 10.1. The third-order valence-corrected chi connectivity index (χ3v) is 6.80. The third kappa shape index (κ3) is 4.78. The second kappa shape index (κ2) is 8.67. The third-order valence-electron chi connectivity index (χ3n) is 5.50. The van der Waals surface area contributed by atoms with Crippen LogP contribution in [0, 0.1) is 6.92 Å². The maximum atomic E-state index is 11.7. The van der Waals surface area contributed by atoms with E-state index in [1.165, 1.54) is 10.6 Å². The van der Waals surface area contributed by atoms with Gasteiger partial charge >= 0.3 is 5.97 Å². The van der Waals surface area contributed by atoms with E-state index in [9.17, 15) is 13.2 Å². The van der Waals surface area contributed by atoms with Gasteiger partial charge in [0.2, 0.25) is 16.0 Å². The standard InChI is InChI=1S/C21H24N6O4S/c1-14-11-22-21(25-19(14)15-3-5-16(6-4-15)20(28)29)24-17-12-23-27(13-17)18-7-9-26(10-8-18)32(2,30)31/h3-6,11-13,18H,7-10H2,1-2H3,(H,28,29)(H,22,24,25). The second-order valence-corrected chi connectivity index (χ2v) is 9.82. The van der Waals surface area contributed by atoms with Crippen LogP contribution in [0.5, 0.6) is 0 Å². The molecule has 1 saturated heterocycles. The quantitative estimate of drug-likeness (QED) is 0.579. The zero-order valence-electron chi connectivity index (χ0n) is 17.8. The number of hydrogen-bond acceptors (Lipinski definition) is 7. The number of carboxylic acid groups (broad SMARTS) is 1. The normalized spacial score (nSPS) is 15.6. The molecule has 2 N–H and O–H groups in total. The maximum absolute atomic E-state index is 11.7. The van der Waals surface area contributed by atoms with Crippen molar-refractivity contribution < 1.29 is 18.3 Å². The number of aromatic carboxylic acids is 1. The summed E-state index contributed by atoms with van der Waals surface area (Å²) in [6.45, 7) is 2.86. The number of carbonyl (C=O) groups is 1. The fraction of sp³-hybridized carbons (Fsp3) is 0.333. The highest BCUT2D eigenvalue weighted by molar-refractivity contribution is 7.88. The van der Waals surface area contributed by atoms with Gasteiger partial charge in [-0.3, -0.25) is 4.68 Å². The highest BCUT2D eigenvalue weighted by Crippen LogP contribution is 2.26. The van der Waals surface area contributed by atoms with Crippen LogP contribution in [0.2, 0.25) is 0 Å². The summed E-state index contributed by atoms with van der Waals surface area (Å²) in [5.74, 6) is -0.573. The van der Waals surface area contributed by atoms with E-state index >= 15 is 0 Å². The van der Waals surface area contributed by atoms with Gasteiger partial charge in [0.05, 0.1) is 35.4 Å². The molecule has 1 aromatic carbocycles. The van der Waals surface area contributed by atoms with Crippen molar-refractivity contribution in [1.82, 2.24) is 24.1 Å². The monoisotopic (exact) mass is 456 g/mol. The van der Waals surface area contributed by atoms with Crippen LogP contribution in [0.1, 0.15) is 34.8 Å². The van der Waals surface area contributed by atoms with Crippen molar-refractivity contribution in [1.29, 1.82) is 0 Å². The van der Waals surface area contributed by atoms with Crippen molar-refractivity contribution in [3.8, 4) is 11.3 Å². The number of hydrogen-bond donors (Lipinski definition) is 2. The molecule has 0 spiro atoms. The molecule has 1 fully saturated rings. The van der Waals surface area contributed by atoms with E-state index in [-0.39, 0.29) is 11.6 Å². The first-order valence-corrected chi connectivity index (χ1v) is 12.0. The molecule has 3 aromatic rings. The summed E-state index contributed by atoms with van der Waals surface area (Å²) in [6, 6.07) is 6.68. The molecule has 0 bridgehead atoms. The number of aromatic nitrogens is 4. The Morgan fingerprint density at radius 3 is 2.47 bits per heavy atom. The highest BCUT2D eigenvalue weighted by atomic mass is 32.2. The van der Waals surface area contributed by atoms with Gasteiger partial charge in [0.25, 0.3) is 0 Å². The Hall–Kier alpha value is -3.31. The van der Waals surface area contributed by atoms with Crippen molar-refractivity contribution in [3.63, 3.8) is 0 Å². The summed E-state index contributed by atoms with van der Waals surface area (Å²) in [7, 11) is -3.16. The second-order valence-electron chi connectivity index (χ2n) is 7.83. The Morgan fingerprint density at radius 2 is 1.84 bits per heavy atom. The summed E-state index contributed by atoms with van der Waals surface area (Å²) >= 11 is 0. The van der Waals surface area contributed by atoms with Gasteiger partial charge in [0, 0.05) is 31.0 Å². The van der Waals surface area contributed by atoms with Crippen LogP contribution >= 0.6 is 0 Å². The van der Waals surface area contributed by atoms with E-state index in [0.717, 1.165) is 16.8 Å². The van der Waals surface area contributed by atoms with Crippen LogP contribution < -0.4 is 5.32 Å². The van der Waals surface area contributed by atoms with Gasteiger partial charge in [-0.25, -0.2) is 27.5 Å². The SMILES string of the molecule is Cc1cnc(Nc2cnn(C3CCN(S(C)(=O)=O)CC3)c2)nc1-c1ccc(C(=O)O)cc1. The Morgan fingerprint density at radius 1 is 1.16 bits per heavy atom. The van der Waals surface area contributed by atoms with Gasteiger partial charge < -0.3 is 10.4 Å². The minimum atomic E-state index is -3.16. The zero-order valence-corrected chi connectivity index (χ0v) is 18.6. The summed E-state index contributed by atoms with van der Waals surface area (Å²) in [6.07, 6.45) is 7.90. The Labute approximate surface area is 186 Å². The molecule has 3 heterocycles. The number of benzene rings is 1. The number of rotatable bonds is 6. The van der Waals surface area contributed by atoms with Crippen molar-refractivity contribution in [2.24, 2.45) is 0 Å². The maximum Gasteiger partial charge on any atom is 0.335 e. The molecule has 0 saturated carbocycles. The molecule has 32 heavy (non-hydrogen) atoms. The van der Waals surface area contributed by atoms with Crippen LogP contribution in [-0.2, 0) is 10.0 Å². The lowest BCUT2D eigenvalue weighted by Crippen LogP contribution is -2.38. The Bertz CT molecular complexity index is 1230. The molecule has 0 unspecified atom stereocenters. The number of carboxylic acids is 1. The fourth-order valence-corrected chi connectivity index (χ4v) is 4.61. The summed E-state index contributed by atoms with van der Waals surface area (Å²) in [5, 5.41) is 16.7. The predicted molar refractivity (Wildman–Crippen MR) is 119 cm³/mol. The number of nitrogens with one attached hydrogen (secondary N) is 1. The fourth-order valence-electron chi connectivity index (χ4n) is 3.73. The Balaban J connectivity index is 1.47. The molecule has 168 valence electrons. The molecular formula is C21H24N6O4S. The number of anilines is 2. The number of aryl methyl sites for hydroxylation is 1. The molecule has 1 aliphatic rings. The van der Waals surface area contributed by atoms with Crippen LogP contribution in [-0.4, -0.2) is 62.9 Å². The first-order chi connectivity index (χ1) is 15.2. The van der Waals surface area contributed by atoms with Crippen molar-refractivity contribution in [2.75, 3.05) is 24.7 Å². The van der Waals surface area contributed by atoms with E-state index in [4.69, 9.17) is 5.11 Å². The molecule has 11 heteroatoms. The van der Waals surface area contributed by atoms with E-state index in [0.29, 0.717) is 37.6 Å². The molecule has 0 aliphatic carbocycles. The summed E-state index contributed by atoms with van der Waals surface area (Å²) in [4.78, 5) is 20.0. The first-order valence-electron chi connectivity index (χ1n) is 10.1. The van der Waals surface area contributed by atoms with Crippen molar-refractivity contribution in [2.45, 2.75) is 25.8 Å². The van der Waals surface area contributed by atoms with E-state index in [1.807, 2.05) is 17.8 Å². The topological polar surface area (TPSA) is 130 Å². The number of nitrogens with zero attached hydrogens (tertiary/aromatic N) is 5. The highest BCUT2D eigenvalue weighted by Gasteiger charge is 2.26. The summed E-state index contributed by atoms with van der Waals surface area (Å²) < 4.78 is 26.7. The predicted octanol–water partition coefficient (Wildman–Crippen LogP) is 2.69. The van der Waals surface area contributed by atoms with Crippen molar-refractivity contribution in [3.05, 3.63) is 54.0 Å². The van der Waals surface area contributed by atoms with Gasteiger partial charge in [0.15, 0.2) is 0 Å². The average molecular weight is 457 g/mol. The van der Waals surface area contributed by atoms with Gasteiger partial charge in [-0.05, 0) is 37.5 Å². The molecule has 0 amide bonds.